The average Bonchev–Trinajstić information content (AvgIpc) is 2.63. The van der Waals surface area contributed by atoms with E-state index in [1.807, 2.05) is 12.1 Å². The summed E-state index contributed by atoms with van der Waals surface area (Å²) in [6.45, 7) is 5.99. The number of anilines is 1. The largest absolute Gasteiger partial charge is 0.478 e. The predicted octanol–water partition coefficient (Wildman–Crippen LogP) is 2.99. The van der Waals surface area contributed by atoms with Gasteiger partial charge < -0.3 is 10.0 Å². The van der Waals surface area contributed by atoms with E-state index in [1.165, 1.54) is 18.3 Å². The van der Waals surface area contributed by atoms with Crippen LogP contribution in [0.3, 0.4) is 0 Å². The van der Waals surface area contributed by atoms with Crippen LogP contribution in [0, 0.1) is 0 Å². The van der Waals surface area contributed by atoms with Gasteiger partial charge in [0.2, 0.25) is 0 Å². The minimum absolute atomic E-state index is 0.203. The molecule has 25 heavy (non-hydrogen) atoms. The van der Waals surface area contributed by atoms with Crippen molar-refractivity contribution in [2.24, 2.45) is 5.10 Å². The van der Waals surface area contributed by atoms with Crippen LogP contribution in [0.2, 0.25) is 0 Å². The van der Waals surface area contributed by atoms with Gasteiger partial charge in [-0.3, -0.25) is 4.79 Å². The van der Waals surface area contributed by atoms with Crippen molar-refractivity contribution in [3.05, 3.63) is 65.2 Å². The molecule has 0 aliphatic heterocycles. The van der Waals surface area contributed by atoms with Gasteiger partial charge in [0.1, 0.15) is 0 Å². The van der Waals surface area contributed by atoms with Crippen LogP contribution in [0.15, 0.2) is 53.6 Å². The maximum absolute atomic E-state index is 12.1. The molecular weight excluding hydrogens is 318 g/mol. The lowest BCUT2D eigenvalue weighted by Crippen LogP contribution is -2.22. The molecule has 0 fully saturated rings. The van der Waals surface area contributed by atoms with E-state index in [4.69, 9.17) is 5.11 Å². The Morgan fingerprint density at radius 2 is 1.56 bits per heavy atom. The van der Waals surface area contributed by atoms with Gasteiger partial charge in [0.25, 0.3) is 5.91 Å². The number of nitrogens with zero attached hydrogens (tertiary/aromatic N) is 2. The Balaban J connectivity index is 1.96. The van der Waals surface area contributed by atoms with Crippen LogP contribution in [0.1, 0.15) is 40.1 Å². The van der Waals surface area contributed by atoms with Gasteiger partial charge in [-0.25, -0.2) is 10.2 Å². The number of benzene rings is 2. The fourth-order valence-electron chi connectivity index (χ4n) is 2.35. The van der Waals surface area contributed by atoms with Gasteiger partial charge in [-0.15, -0.1) is 0 Å². The lowest BCUT2D eigenvalue weighted by molar-refractivity contribution is 0.0696. The monoisotopic (exact) mass is 339 g/mol. The van der Waals surface area contributed by atoms with Gasteiger partial charge in [-0.05, 0) is 55.8 Å². The molecule has 1 amide bonds. The van der Waals surface area contributed by atoms with E-state index in [0.717, 1.165) is 18.8 Å². The Kier molecular flexibility index (Phi) is 6.28. The number of aromatic carboxylic acids is 1. The van der Waals surface area contributed by atoms with Gasteiger partial charge in [0.05, 0.1) is 11.8 Å². The number of carbonyl (C=O) groups is 2. The molecule has 0 radical (unpaired) electrons. The molecule has 0 bridgehead atoms. The van der Waals surface area contributed by atoms with E-state index in [1.54, 1.807) is 24.3 Å². The molecule has 2 N–H and O–H groups in total. The van der Waals surface area contributed by atoms with Crippen molar-refractivity contribution in [3.63, 3.8) is 0 Å². The van der Waals surface area contributed by atoms with Gasteiger partial charge in [0, 0.05) is 24.3 Å². The highest BCUT2D eigenvalue weighted by molar-refractivity contribution is 5.95. The molecule has 0 heterocycles. The maximum atomic E-state index is 12.1. The second-order valence-corrected chi connectivity index (χ2v) is 5.35. The summed E-state index contributed by atoms with van der Waals surface area (Å²) in [6.07, 6.45) is 1.47. The minimum Gasteiger partial charge on any atom is -0.478 e. The summed E-state index contributed by atoms with van der Waals surface area (Å²) in [5.74, 6) is -1.28. The summed E-state index contributed by atoms with van der Waals surface area (Å²) in [7, 11) is 0. The fraction of sp³-hybridized carbons (Fsp3) is 0.211. The molecular formula is C19H21N3O3. The summed E-state index contributed by atoms with van der Waals surface area (Å²) in [5.41, 5.74) is 4.96. The Labute approximate surface area is 146 Å². The van der Waals surface area contributed by atoms with Crippen LogP contribution >= 0.6 is 0 Å². The van der Waals surface area contributed by atoms with Crippen molar-refractivity contribution in [2.45, 2.75) is 13.8 Å². The first-order valence-corrected chi connectivity index (χ1v) is 8.07. The highest BCUT2D eigenvalue weighted by Gasteiger charge is 2.06. The zero-order chi connectivity index (χ0) is 18.2. The number of amides is 1. The second kappa shape index (κ2) is 8.63. The first-order chi connectivity index (χ1) is 12.0. The van der Waals surface area contributed by atoms with Gasteiger partial charge in [0.15, 0.2) is 0 Å². The zero-order valence-corrected chi connectivity index (χ0v) is 14.3. The molecule has 0 saturated heterocycles. The SMILES string of the molecule is CCN(CC)c1ccc(C(=O)N/N=C\c2ccc(C(=O)O)cc2)cc1. The van der Waals surface area contributed by atoms with Crippen molar-refractivity contribution in [3.8, 4) is 0 Å². The Morgan fingerprint density at radius 3 is 2.08 bits per heavy atom. The topological polar surface area (TPSA) is 82.0 Å². The number of nitrogens with one attached hydrogen (secondary N) is 1. The second-order valence-electron chi connectivity index (χ2n) is 5.35. The fourth-order valence-corrected chi connectivity index (χ4v) is 2.35. The molecule has 130 valence electrons. The number of hydrazone groups is 1. The van der Waals surface area contributed by atoms with E-state index in [0.29, 0.717) is 11.1 Å². The molecule has 6 nitrogen and oxygen atoms in total. The third kappa shape index (κ3) is 4.91. The molecule has 0 aliphatic rings. The molecule has 2 aromatic rings. The highest BCUT2D eigenvalue weighted by Crippen LogP contribution is 2.14. The molecule has 6 heteroatoms. The number of hydrogen-bond donors (Lipinski definition) is 2. The summed E-state index contributed by atoms with van der Waals surface area (Å²) >= 11 is 0. The van der Waals surface area contributed by atoms with Crippen molar-refractivity contribution in [2.75, 3.05) is 18.0 Å². The third-order valence-electron chi connectivity index (χ3n) is 3.80. The summed E-state index contributed by atoms with van der Waals surface area (Å²) in [6, 6.07) is 13.6. The van der Waals surface area contributed by atoms with Crippen LogP contribution < -0.4 is 10.3 Å². The molecule has 2 rings (SSSR count). The van der Waals surface area contributed by atoms with Crippen molar-refractivity contribution in [1.82, 2.24) is 5.43 Å². The lowest BCUT2D eigenvalue weighted by atomic mass is 10.1. The normalized spacial score (nSPS) is 10.6. The van der Waals surface area contributed by atoms with E-state index < -0.39 is 5.97 Å². The molecule has 0 saturated carbocycles. The Morgan fingerprint density at radius 1 is 1.00 bits per heavy atom. The molecule has 2 aromatic carbocycles. The first kappa shape index (κ1) is 18.2. The quantitative estimate of drug-likeness (QED) is 0.600. The highest BCUT2D eigenvalue weighted by atomic mass is 16.4. The van der Waals surface area contributed by atoms with E-state index in [-0.39, 0.29) is 11.5 Å². The molecule has 0 atom stereocenters. The standard InChI is InChI=1S/C19H21N3O3/c1-3-22(4-2)17-11-9-15(10-12-17)18(23)21-20-13-14-5-7-16(8-6-14)19(24)25/h5-13H,3-4H2,1-2H3,(H,21,23)(H,24,25)/b20-13-. The van der Waals surface area contributed by atoms with E-state index >= 15 is 0 Å². The summed E-state index contributed by atoms with van der Waals surface area (Å²) in [5, 5.41) is 12.7. The van der Waals surface area contributed by atoms with Crippen LogP contribution in [0.4, 0.5) is 5.69 Å². The van der Waals surface area contributed by atoms with Crippen LogP contribution in [-0.4, -0.2) is 36.3 Å². The summed E-state index contributed by atoms with van der Waals surface area (Å²) in [4.78, 5) is 25.1. The van der Waals surface area contributed by atoms with Crippen molar-refractivity contribution in [1.29, 1.82) is 0 Å². The maximum Gasteiger partial charge on any atom is 0.335 e. The van der Waals surface area contributed by atoms with Crippen LogP contribution in [0.25, 0.3) is 0 Å². The summed E-state index contributed by atoms with van der Waals surface area (Å²) < 4.78 is 0. The molecule has 0 unspecified atom stereocenters. The molecule has 0 aromatic heterocycles. The molecule has 0 spiro atoms. The number of carboxylic acids is 1. The van der Waals surface area contributed by atoms with Crippen molar-refractivity contribution >= 4 is 23.8 Å². The van der Waals surface area contributed by atoms with E-state index in [9.17, 15) is 9.59 Å². The van der Waals surface area contributed by atoms with Crippen LogP contribution in [-0.2, 0) is 0 Å². The number of carbonyl (C=O) groups excluding carboxylic acids is 1. The Hall–Kier alpha value is -3.15. The Bertz CT molecular complexity index is 748. The van der Waals surface area contributed by atoms with Gasteiger partial charge in [-0.2, -0.15) is 5.10 Å². The predicted molar refractivity (Wildman–Crippen MR) is 98.5 cm³/mol. The molecule has 0 aliphatic carbocycles. The lowest BCUT2D eigenvalue weighted by Gasteiger charge is -2.20. The average molecular weight is 339 g/mol. The van der Waals surface area contributed by atoms with Crippen LogP contribution in [0.5, 0.6) is 0 Å². The smallest absolute Gasteiger partial charge is 0.335 e. The number of hydrogen-bond acceptors (Lipinski definition) is 4. The van der Waals surface area contributed by atoms with Crippen molar-refractivity contribution < 1.29 is 14.7 Å². The zero-order valence-electron chi connectivity index (χ0n) is 14.3. The number of carboxylic acid groups (broad SMARTS) is 1. The third-order valence-corrected chi connectivity index (χ3v) is 3.80. The van der Waals surface area contributed by atoms with Gasteiger partial charge >= 0.3 is 5.97 Å². The first-order valence-electron chi connectivity index (χ1n) is 8.07. The number of rotatable bonds is 7. The van der Waals surface area contributed by atoms with Gasteiger partial charge in [-0.1, -0.05) is 12.1 Å². The van der Waals surface area contributed by atoms with E-state index in [2.05, 4.69) is 29.3 Å². The minimum atomic E-state index is -0.982.